The quantitative estimate of drug-likeness (QED) is 0.667. The zero-order chi connectivity index (χ0) is 13.8. The summed E-state index contributed by atoms with van der Waals surface area (Å²) in [5.74, 6) is 0. The molecule has 0 aliphatic carbocycles. The molecule has 0 bridgehead atoms. The van der Waals surface area contributed by atoms with Gasteiger partial charge in [0.05, 0.1) is 0 Å². The maximum absolute atomic E-state index is 6.37. The van der Waals surface area contributed by atoms with Crippen LogP contribution < -0.4 is 0 Å². The van der Waals surface area contributed by atoms with Crippen molar-refractivity contribution in [3.8, 4) is 0 Å². The average Bonchev–Trinajstić information content (AvgIpc) is 2.17. The van der Waals surface area contributed by atoms with Gasteiger partial charge in [-0.15, -0.1) is 0 Å². The van der Waals surface area contributed by atoms with E-state index in [9.17, 15) is 0 Å². The lowest BCUT2D eigenvalue weighted by molar-refractivity contribution is 0.544. The molecule has 1 aromatic carbocycles. The van der Waals surface area contributed by atoms with Crippen LogP contribution in [0.25, 0.3) is 0 Å². The van der Waals surface area contributed by atoms with Gasteiger partial charge in [-0.25, -0.2) is 0 Å². The smallest absolute Gasteiger partial charge is 0.173 e. The molecule has 1 nitrogen and oxygen atoms in total. The van der Waals surface area contributed by atoms with Gasteiger partial charge in [-0.1, -0.05) is 24.3 Å². The van der Waals surface area contributed by atoms with Crippen LogP contribution in [0.3, 0.4) is 0 Å². The Morgan fingerprint density at radius 3 is 2.17 bits per heavy atom. The molecule has 1 rings (SSSR count). The average molecular weight is 281 g/mol. The predicted octanol–water partition coefficient (Wildman–Crippen LogP) is 4.98. The third-order valence-corrected chi connectivity index (χ3v) is 9.29. The maximum atomic E-state index is 6.37. The fraction of sp³-hybridized carbons (Fsp3) is 0.600. The van der Waals surface area contributed by atoms with E-state index in [1.54, 1.807) is 0 Å². The molecule has 0 atom stereocenters. The molecule has 0 saturated heterocycles. The van der Waals surface area contributed by atoms with Crippen LogP contribution in [0, 0.1) is 6.92 Å². The predicted molar refractivity (Wildman–Crippen MR) is 86.2 cm³/mol. The van der Waals surface area contributed by atoms with Gasteiger partial charge in [0.15, 0.2) is 16.6 Å². The summed E-state index contributed by atoms with van der Waals surface area (Å²) < 4.78 is 6.37. The molecule has 0 aliphatic heterocycles. The Balaban J connectivity index is 2.44. The summed E-state index contributed by atoms with van der Waals surface area (Å²) in [7, 11) is -2.82. The summed E-state index contributed by atoms with van der Waals surface area (Å²) in [4.78, 5) is 0. The lowest BCUT2D eigenvalue weighted by atomic mass is 10.1. The molecule has 0 unspecified atom stereocenters. The fourth-order valence-electron chi connectivity index (χ4n) is 2.48. The van der Waals surface area contributed by atoms with Crippen molar-refractivity contribution < 1.29 is 4.12 Å². The van der Waals surface area contributed by atoms with Crippen LogP contribution >= 0.6 is 0 Å². The van der Waals surface area contributed by atoms with Gasteiger partial charge in [0.1, 0.15) is 0 Å². The van der Waals surface area contributed by atoms with E-state index < -0.39 is 16.6 Å². The maximum Gasteiger partial charge on any atom is 0.173 e. The monoisotopic (exact) mass is 280 g/mol. The number of aryl methyl sites for hydroxylation is 2. The van der Waals surface area contributed by atoms with E-state index >= 15 is 0 Å². The largest absolute Gasteiger partial charge is 0.456 e. The Hall–Kier alpha value is -0.386. The first-order chi connectivity index (χ1) is 8.20. The molecule has 3 heteroatoms. The van der Waals surface area contributed by atoms with E-state index in [-0.39, 0.29) is 0 Å². The van der Waals surface area contributed by atoms with Crippen molar-refractivity contribution in [2.24, 2.45) is 0 Å². The number of hydrogen-bond donors (Lipinski definition) is 0. The van der Waals surface area contributed by atoms with Crippen LogP contribution in [0.1, 0.15) is 17.5 Å². The molecule has 0 saturated carbocycles. The molecule has 0 heterocycles. The van der Waals surface area contributed by atoms with Crippen molar-refractivity contribution in [2.45, 2.75) is 58.5 Å². The van der Waals surface area contributed by atoms with E-state index in [0.717, 1.165) is 0 Å². The van der Waals surface area contributed by atoms with Gasteiger partial charge in [-0.2, -0.15) is 0 Å². The molecule has 102 valence electrons. The zero-order valence-electron chi connectivity index (χ0n) is 12.8. The first-order valence-corrected chi connectivity index (χ1v) is 13.5. The highest BCUT2D eigenvalue weighted by Gasteiger charge is 2.28. The van der Waals surface area contributed by atoms with Gasteiger partial charge in [-0.05, 0) is 69.7 Å². The molecule has 0 aliphatic rings. The van der Waals surface area contributed by atoms with Crippen LogP contribution in [0.4, 0.5) is 0 Å². The van der Waals surface area contributed by atoms with Crippen molar-refractivity contribution in [1.29, 1.82) is 0 Å². The van der Waals surface area contributed by atoms with Crippen molar-refractivity contribution in [2.75, 3.05) is 0 Å². The highest BCUT2D eigenvalue weighted by Crippen LogP contribution is 2.21. The molecule has 1 aromatic rings. The summed E-state index contributed by atoms with van der Waals surface area (Å²) in [6.07, 6.45) is 2.45. The molecule has 0 spiro atoms. The highest BCUT2D eigenvalue weighted by molar-refractivity contribution is 6.84. The normalized spacial score (nSPS) is 12.8. The van der Waals surface area contributed by atoms with Crippen LogP contribution in [0.15, 0.2) is 24.3 Å². The summed E-state index contributed by atoms with van der Waals surface area (Å²) in [5, 5.41) is 0. The van der Waals surface area contributed by atoms with Crippen LogP contribution in [-0.2, 0) is 10.5 Å². The second kappa shape index (κ2) is 6.17. The lowest BCUT2D eigenvalue weighted by Crippen LogP contribution is -2.42. The standard InChI is InChI=1S/C15H28OSi2/c1-14-10-7-8-11-15(14)12-9-13-18(5,6)16-17(2,3)4/h7-8,10-11H,9,12-13H2,1-6H3. The van der Waals surface area contributed by atoms with Crippen molar-refractivity contribution in [1.82, 2.24) is 0 Å². The first kappa shape index (κ1) is 15.7. The minimum absolute atomic E-state index is 1.19. The highest BCUT2D eigenvalue weighted by atomic mass is 28.4. The van der Waals surface area contributed by atoms with Gasteiger partial charge in [-0.3, -0.25) is 0 Å². The second-order valence-corrected chi connectivity index (χ2v) is 15.8. The van der Waals surface area contributed by atoms with Crippen molar-refractivity contribution in [3.63, 3.8) is 0 Å². The third-order valence-electron chi connectivity index (χ3n) is 3.07. The Bertz CT molecular complexity index is 380. The number of benzene rings is 1. The zero-order valence-corrected chi connectivity index (χ0v) is 14.8. The van der Waals surface area contributed by atoms with Crippen LogP contribution in [0.5, 0.6) is 0 Å². The third kappa shape index (κ3) is 5.98. The van der Waals surface area contributed by atoms with Gasteiger partial charge in [0.25, 0.3) is 0 Å². The van der Waals surface area contributed by atoms with E-state index in [2.05, 4.69) is 63.9 Å². The minimum Gasteiger partial charge on any atom is -0.456 e. The van der Waals surface area contributed by atoms with Gasteiger partial charge >= 0.3 is 0 Å². The Morgan fingerprint density at radius 1 is 1.00 bits per heavy atom. The molecule has 0 amide bonds. The van der Waals surface area contributed by atoms with Crippen molar-refractivity contribution in [3.05, 3.63) is 35.4 Å². The lowest BCUT2D eigenvalue weighted by Gasteiger charge is -2.31. The molecular weight excluding hydrogens is 252 g/mol. The van der Waals surface area contributed by atoms with E-state index in [4.69, 9.17) is 4.12 Å². The van der Waals surface area contributed by atoms with E-state index in [0.29, 0.717) is 0 Å². The summed E-state index contributed by atoms with van der Waals surface area (Å²) >= 11 is 0. The van der Waals surface area contributed by atoms with E-state index in [1.165, 1.54) is 30.0 Å². The summed E-state index contributed by atoms with van der Waals surface area (Å²) in [6.45, 7) is 13.8. The topological polar surface area (TPSA) is 9.23 Å². The minimum atomic E-state index is -1.45. The van der Waals surface area contributed by atoms with Crippen molar-refractivity contribution >= 4 is 16.6 Å². The number of hydrogen-bond acceptors (Lipinski definition) is 1. The molecule has 0 aromatic heterocycles. The molecule has 18 heavy (non-hydrogen) atoms. The summed E-state index contributed by atoms with van der Waals surface area (Å²) in [5.41, 5.74) is 2.92. The Morgan fingerprint density at radius 2 is 1.61 bits per heavy atom. The van der Waals surface area contributed by atoms with Gasteiger partial charge < -0.3 is 4.12 Å². The molecule has 0 fully saturated rings. The first-order valence-electron chi connectivity index (χ1n) is 6.94. The Labute approximate surface area is 115 Å². The van der Waals surface area contributed by atoms with Crippen LogP contribution in [0.2, 0.25) is 38.8 Å². The second-order valence-electron chi connectivity index (χ2n) is 6.75. The van der Waals surface area contributed by atoms with E-state index in [1.807, 2.05) is 0 Å². The SMILES string of the molecule is Cc1ccccc1CCC[Si](C)(C)O[Si](C)(C)C. The summed E-state index contributed by atoms with van der Waals surface area (Å²) in [6, 6.07) is 9.99. The van der Waals surface area contributed by atoms with Gasteiger partial charge in [0.2, 0.25) is 0 Å². The number of rotatable bonds is 6. The molecule has 0 radical (unpaired) electrons. The molecular formula is C15H28OSi2. The fourth-order valence-corrected chi connectivity index (χ4v) is 10.5. The Kier molecular flexibility index (Phi) is 5.37. The van der Waals surface area contributed by atoms with Crippen LogP contribution in [-0.4, -0.2) is 16.6 Å². The molecule has 0 N–H and O–H groups in total. The van der Waals surface area contributed by atoms with Gasteiger partial charge in [0, 0.05) is 0 Å².